The number of pyridine rings is 1. The molecule has 1 aromatic carbocycles. The Hall–Kier alpha value is -2.66. The number of carbonyl (C=O) groups is 1. The largest absolute Gasteiger partial charge is 0.354 e. The Morgan fingerprint density at radius 2 is 2.10 bits per heavy atom. The molecular weight excluding hydrogens is 360 g/mol. The number of hydrogen-bond donors (Lipinski definition) is 3. The van der Waals surface area contributed by atoms with Gasteiger partial charge in [0.2, 0.25) is 5.91 Å². The Balaban J connectivity index is 1.77. The Morgan fingerprint density at radius 3 is 2.83 bits per heavy atom. The van der Waals surface area contributed by atoms with Crippen molar-refractivity contribution in [1.29, 1.82) is 0 Å². The van der Waals surface area contributed by atoms with Gasteiger partial charge in [0.15, 0.2) is 0 Å². The fraction of sp³-hybridized carbons (Fsp3) is 0.417. The van der Waals surface area contributed by atoms with E-state index in [2.05, 4.69) is 64.8 Å². The molecule has 1 aliphatic rings. The number of carbonyl (C=O) groups excluding carboxylic acids is 1. The van der Waals surface area contributed by atoms with Crippen LogP contribution in [0.5, 0.6) is 0 Å². The second-order valence-corrected chi connectivity index (χ2v) is 8.31. The molecule has 0 aliphatic carbocycles. The van der Waals surface area contributed by atoms with E-state index in [-0.39, 0.29) is 18.0 Å². The lowest BCUT2D eigenvalue weighted by molar-refractivity contribution is -0.121. The average molecular weight is 391 g/mol. The highest BCUT2D eigenvalue weighted by molar-refractivity contribution is 5.92. The van der Waals surface area contributed by atoms with Gasteiger partial charge in [-0.25, -0.2) is 0 Å². The van der Waals surface area contributed by atoms with Crippen LogP contribution in [0.4, 0.5) is 0 Å². The van der Waals surface area contributed by atoms with E-state index in [1.165, 1.54) is 27.8 Å². The zero-order valence-electron chi connectivity index (χ0n) is 17.7. The summed E-state index contributed by atoms with van der Waals surface area (Å²) in [6, 6.07) is 11.1. The van der Waals surface area contributed by atoms with Crippen molar-refractivity contribution in [3.05, 3.63) is 53.3 Å². The van der Waals surface area contributed by atoms with Gasteiger partial charge in [-0.05, 0) is 61.2 Å². The van der Waals surface area contributed by atoms with Gasteiger partial charge in [-0.15, -0.1) is 0 Å². The lowest BCUT2D eigenvalue weighted by Crippen LogP contribution is -2.38. The highest BCUT2D eigenvalue weighted by atomic mass is 16.1. The smallest absolute Gasteiger partial charge is 0.219 e. The van der Waals surface area contributed by atoms with Gasteiger partial charge in [0.05, 0.1) is 11.7 Å². The number of hydrogen-bond acceptors (Lipinski definition) is 3. The first kappa shape index (κ1) is 19.6. The molecule has 1 aliphatic heterocycles. The van der Waals surface area contributed by atoms with Crippen molar-refractivity contribution in [3.63, 3.8) is 0 Å². The van der Waals surface area contributed by atoms with Gasteiger partial charge < -0.3 is 15.6 Å². The van der Waals surface area contributed by atoms with E-state index in [0.29, 0.717) is 12.3 Å². The second-order valence-electron chi connectivity index (χ2n) is 8.31. The number of nitrogens with one attached hydrogen (secondary N) is 3. The molecule has 5 heteroatoms. The average Bonchev–Trinajstić information content (AvgIpc) is 3.31. The standard InChI is InChI=1S/C24H30N4O/c1-5-21(29)27-20-9-11-26-23(20)16-6-7-19-18(13-16)22(14(2)3)24(28-19)17-8-10-25-15(4)12-17/h6-8,10,12-14,20,23,26,28H,5,9,11H2,1-4H3,(H,27,29)/t20-,23?/m1/s1. The summed E-state index contributed by atoms with van der Waals surface area (Å²) in [7, 11) is 0. The Bertz CT molecular complexity index is 1040. The summed E-state index contributed by atoms with van der Waals surface area (Å²) < 4.78 is 0. The number of amides is 1. The number of H-pyrrole nitrogens is 1. The monoisotopic (exact) mass is 390 g/mol. The third-order valence-corrected chi connectivity index (χ3v) is 5.87. The molecular formula is C24H30N4O. The summed E-state index contributed by atoms with van der Waals surface area (Å²) in [6.07, 6.45) is 3.35. The van der Waals surface area contributed by atoms with Gasteiger partial charge in [0.25, 0.3) is 0 Å². The summed E-state index contributed by atoms with van der Waals surface area (Å²) >= 11 is 0. The number of benzene rings is 1. The predicted octanol–water partition coefficient (Wildman–Crippen LogP) is 4.59. The van der Waals surface area contributed by atoms with E-state index < -0.39 is 0 Å². The van der Waals surface area contributed by atoms with Crippen LogP contribution in [0.25, 0.3) is 22.2 Å². The summed E-state index contributed by atoms with van der Waals surface area (Å²) in [4.78, 5) is 19.9. The van der Waals surface area contributed by atoms with Crippen molar-refractivity contribution < 1.29 is 4.79 Å². The van der Waals surface area contributed by atoms with Crippen LogP contribution in [0.1, 0.15) is 62.4 Å². The topological polar surface area (TPSA) is 69.8 Å². The first-order valence-electron chi connectivity index (χ1n) is 10.6. The highest BCUT2D eigenvalue weighted by Crippen LogP contribution is 2.37. The lowest BCUT2D eigenvalue weighted by atomic mass is 9.93. The van der Waals surface area contributed by atoms with Crippen LogP contribution < -0.4 is 10.6 Å². The number of aryl methyl sites for hydroxylation is 1. The molecule has 0 saturated carbocycles. The molecule has 2 atom stereocenters. The van der Waals surface area contributed by atoms with Gasteiger partial charge >= 0.3 is 0 Å². The van der Waals surface area contributed by atoms with Crippen molar-refractivity contribution in [3.8, 4) is 11.3 Å². The SMILES string of the molecule is CCC(=O)N[C@@H]1CCNC1c1ccc2[nH]c(-c3ccnc(C)c3)c(C(C)C)c2c1. The summed E-state index contributed by atoms with van der Waals surface area (Å²) in [5.41, 5.74) is 7.07. The van der Waals surface area contributed by atoms with Crippen molar-refractivity contribution in [1.82, 2.24) is 20.6 Å². The zero-order chi connectivity index (χ0) is 20.5. The van der Waals surface area contributed by atoms with Gasteiger partial charge in [0, 0.05) is 40.8 Å². The van der Waals surface area contributed by atoms with E-state index in [4.69, 9.17) is 0 Å². The molecule has 1 unspecified atom stereocenters. The van der Waals surface area contributed by atoms with Crippen LogP contribution in [0.3, 0.4) is 0 Å². The maximum Gasteiger partial charge on any atom is 0.219 e. The molecule has 1 fully saturated rings. The quantitative estimate of drug-likeness (QED) is 0.597. The van der Waals surface area contributed by atoms with E-state index in [9.17, 15) is 4.79 Å². The molecule has 0 radical (unpaired) electrons. The van der Waals surface area contributed by atoms with E-state index in [0.717, 1.165) is 24.2 Å². The molecule has 3 aromatic rings. The zero-order valence-corrected chi connectivity index (χ0v) is 17.7. The predicted molar refractivity (Wildman–Crippen MR) is 118 cm³/mol. The van der Waals surface area contributed by atoms with Gasteiger partial charge in [0.1, 0.15) is 0 Å². The molecule has 3 heterocycles. The molecule has 1 saturated heterocycles. The van der Waals surface area contributed by atoms with E-state index in [1.54, 1.807) is 0 Å². The first-order valence-corrected chi connectivity index (χ1v) is 10.6. The fourth-order valence-electron chi connectivity index (χ4n) is 4.47. The number of fused-ring (bicyclic) bond motifs is 1. The summed E-state index contributed by atoms with van der Waals surface area (Å²) in [5.74, 6) is 0.499. The third kappa shape index (κ3) is 3.79. The first-order chi connectivity index (χ1) is 14.0. The minimum Gasteiger partial charge on any atom is -0.354 e. The maximum atomic E-state index is 11.9. The number of aromatic amines is 1. The fourth-order valence-corrected chi connectivity index (χ4v) is 4.47. The van der Waals surface area contributed by atoms with Gasteiger partial charge in [-0.2, -0.15) is 0 Å². The van der Waals surface area contributed by atoms with Crippen LogP contribution in [-0.2, 0) is 4.79 Å². The molecule has 4 rings (SSSR count). The van der Waals surface area contributed by atoms with Crippen molar-refractivity contribution in [2.45, 2.75) is 58.5 Å². The third-order valence-electron chi connectivity index (χ3n) is 5.87. The number of nitrogens with zero attached hydrogens (tertiary/aromatic N) is 1. The van der Waals surface area contributed by atoms with Crippen molar-refractivity contribution in [2.75, 3.05) is 6.54 Å². The molecule has 0 bridgehead atoms. The molecule has 2 aromatic heterocycles. The highest BCUT2D eigenvalue weighted by Gasteiger charge is 2.29. The van der Waals surface area contributed by atoms with Gasteiger partial charge in [-0.1, -0.05) is 26.8 Å². The molecule has 3 N–H and O–H groups in total. The Labute approximate surface area is 172 Å². The lowest BCUT2D eigenvalue weighted by Gasteiger charge is -2.21. The molecule has 29 heavy (non-hydrogen) atoms. The molecule has 5 nitrogen and oxygen atoms in total. The van der Waals surface area contributed by atoms with Crippen LogP contribution >= 0.6 is 0 Å². The number of aromatic nitrogens is 2. The van der Waals surface area contributed by atoms with Crippen molar-refractivity contribution in [2.24, 2.45) is 0 Å². The van der Waals surface area contributed by atoms with Crippen LogP contribution in [0.15, 0.2) is 36.5 Å². The van der Waals surface area contributed by atoms with Gasteiger partial charge in [-0.3, -0.25) is 9.78 Å². The van der Waals surface area contributed by atoms with Crippen LogP contribution in [0.2, 0.25) is 0 Å². The molecule has 1 amide bonds. The minimum atomic E-state index is 0.115. The summed E-state index contributed by atoms with van der Waals surface area (Å²) in [5, 5.41) is 8.02. The van der Waals surface area contributed by atoms with Crippen molar-refractivity contribution >= 4 is 16.8 Å². The summed E-state index contributed by atoms with van der Waals surface area (Å²) in [6.45, 7) is 9.32. The van der Waals surface area contributed by atoms with Crippen LogP contribution in [-0.4, -0.2) is 28.5 Å². The van der Waals surface area contributed by atoms with E-state index in [1.807, 2.05) is 20.0 Å². The normalized spacial score (nSPS) is 19.2. The second kappa shape index (κ2) is 7.99. The Morgan fingerprint density at radius 1 is 1.28 bits per heavy atom. The molecule has 152 valence electrons. The molecule has 0 spiro atoms. The Kier molecular flexibility index (Phi) is 5.41. The van der Waals surface area contributed by atoms with E-state index >= 15 is 0 Å². The minimum absolute atomic E-state index is 0.115. The number of rotatable bonds is 5. The van der Waals surface area contributed by atoms with Crippen LogP contribution in [0, 0.1) is 6.92 Å². The maximum absolute atomic E-state index is 11.9.